The van der Waals surface area contributed by atoms with Crippen molar-refractivity contribution in [3.63, 3.8) is 0 Å². The first-order valence-electron chi connectivity index (χ1n) is 5.93. The molecule has 0 aromatic rings. The topological polar surface area (TPSA) is 38.5 Å². The number of hydrogen-bond donors (Lipinski definition) is 1. The second-order valence-electron chi connectivity index (χ2n) is 4.01. The number of piperidine rings is 1. The zero-order valence-electron chi connectivity index (χ0n) is 9.21. The molecule has 1 heterocycles. The second-order valence-corrected chi connectivity index (χ2v) is 4.01. The lowest BCUT2D eigenvalue weighted by atomic mass is 10.1. The highest BCUT2D eigenvalue weighted by Crippen LogP contribution is 2.07. The van der Waals surface area contributed by atoms with Gasteiger partial charge in [-0.2, -0.15) is 0 Å². The van der Waals surface area contributed by atoms with Gasteiger partial charge in [0.25, 0.3) is 0 Å². The summed E-state index contributed by atoms with van der Waals surface area (Å²) < 4.78 is 5.54. The highest BCUT2D eigenvalue weighted by atomic mass is 16.5. The Morgan fingerprint density at radius 1 is 1.00 bits per heavy atom. The fourth-order valence-corrected chi connectivity index (χ4v) is 1.83. The maximum absolute atomic E-state index is 5.54. The summed E-state index contributed by atoms with van der Waals surface area (Å²) in [5, 5.41) is 0. The summed E-state index contributed by atoms with van der Waals surface area (Å²) in [6.07, 6.45) is 6.34. The molecule has 1 aliphatic heterocycles. The van der Waals surface area contributed by atoms with Gasteiger partial charge in [0.2, 0.25) is 0 Å². The van der Waals surface area contributed by atoms with Gasteiger partial charge in [-0.3, -0.25) is 0 Å². The smallest absolute Gasteiger partial charge is 0.0593 e. The van der Waals surface area contributed by atoms with E-state index in [9.17, 15) is 0 Å². The number of nitrogens with zero attached hydrogens (tertiary/aromatic N) is 1. The molecule has 0 bridgehead atoms. The molecule has 0 aromatic carbocycles. The third-order valence-corrected chi connectivity index (χ3v) is 2.74. The maximum Gasteiger partial charge on any atom is 0.0593 e. The van der Waals surface area contributed by atoms with Crippen molar-refractivity contribution in [2.24, 2.45) is 5.73 Å². The largest absolute Gasteiger partial charge is 0.380 e. The van der Waals surface area contributed by atoms with Gasteiger partial charge in [-0.15, -0.1) is 0 Å². The SMILES string of the molecule is NCCCCOCCN1CCCCC1. The summed E-state index contributed by atoms with van der Waals surface area (Å²) in [7, 11) is 0. The van der Waals surface area contributed by atoms with E-state index in [0.29, 0.717) is 0 Å². The van der Waals surface area contributed by atoms with Gasteiger partial charge in [-0.25, -0.2) is 0 Å². The molecule has 0 aliphatic carbocycles. The molecule has 14 heavy (non-hydrogen) atoms. The Morgan fingerprint density at radius 3 is 2.50 bits per heavy atom. The molecule has 1 fully saturated rings. The maximum atomic E-state index is 5.54. The minimum Gasteiger partial charge on any atom is -0.380 e. The van der Waals surface area contributed by atoms with Crippen LogP contribution in [0.3, 0.4) is 0 Å². The number of ether oxygens (including phenoxy) is 1. The predicted molar refractivity (Wildman–Crippen MR) is 59.4 cm³/mol. The number of rotatable bonds is 7. The first-order valence-corrected chi connectivity index (χ1v) is 5.93. The van der Waals surface area contributed by atoms with Crippen molar-refractivity contribution in [2.45, 2.75) is 32.1 Å². The molecule has 0 spiro atoms. The Balaban J connectivity index is 1.82. The lowest BCUT2D eigenvalue weighted by Gasteiger charge is -2.26. The van der Waals surface area contributed by atoms with Crippen molar-refractivity contribution in [1.82, 2.24) is 4.90 Å². The van der Waals surface area contributed by atoms with Gasteiger partial charge in [-0.1, -0.05) is 6.42 Å². The van der Waals surface area contributed by atoms with E-state index in [0.717, 1.165) is 39.1 Å². The Bertz CT molecular complexity index is 124. The molecule has 1 aliphatic rings. The summed E-state index contributed by atoms with van der Waals surface area (Å²) in [6.45, 7) is 6.21. The zero-order chi connectivity index (χ0) is 10.1. The van der Waals surface area contributed by atoms with Crippen LogP contribution < -0.4 is 5.73 Å². The van der Waals surface area contributed by atoms with E-state index in [-0.39, 0.29) is 0 Å². The van der Waals surface area contributed by atoms with Crippen molar-refractivity contribution in [3.05, 3.63) is 0 Å². The molecule has 1 rings (SSSR count). The van der Waals surface area contributed by atoms with Crippen molar-refractivity contribution in [1.29, 1.82) is 0 Å². The number of unbranched alkanes of at least 4 members (excludes halogenated alkanes) is 1. The third-order valence-electron chi connectivity index (χ3n) is 2.74. The molecular weight excluding hydrogens is 176 g/mol. The molecule has 0 amide bonds. The van der Waals surface area contributed by atoms with Crippen LogP contribution in [0.25, 0.3) is 0 Å². The molecule has 0 radical (unpaired) electrons. The Hall–Kier alpha value is -0.120. The van der Waals surface area contributed by atoms with Crippen LogP contribution in [0.4, 0.5) is 0 Å². The van der Waals surface area contributed by atoms with Crippen LogP contribution >= 0.6 is 0 Å². The zero-order valence-corrected chi connectivity index (χ0v) is 9.21. The quantitative estimate of drug-likeness (QED) is 0.628. The summed E-state index contributed by atoms with van der Waals surface area (Å²) in [5.41, 5.74) is 5.40. The molecule has 0 atom stereocenters. The summed E-state index contributed by atoms with van der Waals surface area (Å²) in [6, 6.07) is 0. The monoisotopic (exact) mass is 200 g/mol. The van der Waals surface area contributed by atoms with Crippen LogP contribution in [-0.2, 0) is 4.74 Å². The Kier molecular flexibility index (Phi) is 7.01. The molecule has 1 saturated heterocycles. The van der Waals surface area contributed by atoms with E-state index in [4.69, 9.17) is 10.5 Å². The van der Waals surface area contributed by atoms with Gasteiger partial charge >= 0.3 is 0 Å². The minimum atomic E-state index is 0.787. The predicted octanol–water partition coefficient (Wildman–Crippen LogP) is 1.23. The molecule has 2 N–H and O–H groups in total. The normalized spacial score (nSPS) is 18.6. The summed E-state index contributed by atoms with van der Waals surface area (Å²) >= 11 is 0. The van der Waals surface area contributed by atoms with Crippen LogP contribution in [0.5, 0.6) is 0 Å². The average Bonchev–Trinajstić information content (AvgIpc) is 2.25. The van der Waals surface area contributed by atoms with Gasteiger partial charge < -0.3 is 15.4 Å². The van der Waals surface area contributed by atoms with Crippen molar-refractivity contribution in [2.75, 3.05) is 39.4 Å². The molecule has 0 aromatic heterocycles. The molecule has 0 saturated carbocycles. The number of likely N-dealkylation sites (tertiary alicyclic amines) is 1. The molecule has 84 valence electrons. The van der Waals surface area contributed by atoms with Gasteiger partial charge in [0, 0.05) is 13.2 Å². The van der Waals surface area contributed by atoms with Crippen LogP contribution in [-0.4, -0.2) is 44.3 Å². The van der Waals surface area contributed by atoms with Gasteiger partial charge in [0.1, 0.15) is 0 Å². The van der Waals surface area contributed by atoms with E-state index in [1.165, 1.54) is 32.4 Å². The average molecular weight is 200 g/mol. The van der Waals surface area contributed by atoms with E-state index >= 15 is 0 Å². The lowest BCUT2D eigenvalue weighted by Crippen LogP contribution is -2.32. The fourth-order valence-electron chi connectivity index (χ4n) is 1.83. The van der Waals surface area contributed by atoms with Crippen LogP contribution in [0.1, 0.15) is 32.1 Å². The van der Waals surface area contributed by atoms with Gasteiger partial charge in [-0.05, 0) is 45.3 Å². The van der Waals surface area contributed by atoms with Crippen molar-refractivity contribution >= 4 is 0 Å². The van der Waals surface area contributed by atoms with E-state index < -0.39 is 0 Å². The molecule has 0 unspecified atom stereocenters. The number of hydrogen-bond acceptors (Lipinski definition) is 3. The van der Waals surface area contributed by atoms with E-state index in [2.05, 4.69) is 4.90 Å². The molecule has 3 nitrogen and oxygen atoms in total. The first-order chi connectivity index (χ1) is 6.93. The standard InChI is InChI=1S/C11H24N2O/c12-6-2-5-10-14-11-9-13-7-3-1-4-8-13/h1-12H2. The van der Waals surface area contributed by atoms with Crippen LogP contribution in [0.15, 0.2) is 0 Å². The summed E-state index contributed by atoms with van der Waals surface area (Å²) in [5.74, 6) is 0. The van der Waals surface area contributed by atoms with E-state index in [1.54, 1.807) is 0 Å². The molecule has 3 heteroatoms. The van der Waals surface area contributed by atoms with Crippen molar-refractivity contribution in [3.8, 4) is 0 Å². The Labute approximate surface area is 87.6 Å². The first kappa shape index (κ1) is 12.0. The molecular formula is C11H24N2O. The van der Waals surface area contributed by atoms with Gasteiger partial charge in [0.05, 0.1) is 6.61 Å². The minimum absolute atomic E-state index is 0.787. The third kappa shape index (κ3) is 5.58. The van der Waals surface area contributed by atoms with Crippen molar-refractivity contribution < 1.29 is 4.74 Å². The van der Waals surface area contributed by atoms with Gasteiger partial charge in [0.15, 0.2) is 0 Å². The number of nitrogens with two attached hydrogens (primary N) is 1. The fraction of sp³-hybridized carbons (Fsp3) is 1.00. The summed E-state index contributed by atoms with van der Waals surface area (Å²) in [4.78, 5) is 2.51. The highest BCUT2D eigenvalue weighted by molar-refractivity contribution is 4.63. The lowest BCUT2D eigenvalue weighted by molar-refractivity contribution is 0.0944. The van der Waals surface area contributed by atoms with E-state index in [1.807, 2.05) is 0 Å². The van der Waals surface area contributed by atoms with Crippen LogP contribution in [0.2, 0.25) is 0 Å². The van der Waals surface area contributed by atoms with Crippen LogP contribution in [0, 0.1) is 0 Å². The Morgan fingerprint density at radius 2 is 1.79 bits per heavy atom. The second kappa shape index (κ2) is 8.21. The highest BCUT2D eigenvalue weighted by Gasteiger charge is 2.08.